The molecule has 0 aliphatic carbocycles. The van der Waals surface area contributed by atoms with Crippen molar-refractivity contribution in [2.45, 2.75) is 0 Å². The van der Waals surface area contributed by atoms with Crippen molar-refractivity contribution >= 4 is 17.6 Å². The average molecular weight is 230 g/mol. The number of aromatic nitrogens is 2. The van der Waals surface area contributed by atoms with Crippen LogP contribution in [0.4, 0.5) is 11.6 Å². The van der Waals surface area contributed by atoms with Gasteiger partial charge in [0.25, 0.3) is 0 Å². The number of carboxylic acids is 1. The zero-order valence-corrected chi connectivity index (χ0v) is 8.79. The molecular weight excluding hydrogens is 220 g/mol. The Morgan fingerprint density at radius 3 is 2.29 bits per heavy atom. The van der Waals surface area contributed by atoms with Crippen LogP contribution in [0.3, 0.4) is 0 Å². The first-order chi connectivity index (χ1) is 8.08. The first kappa shape index (κ1) is 10.9. The molecule has 0 radical (unpaired) electrons. The number of carboxylic acid groups (broad SMARTS) is 1. The lowest BCUT2D eigenvalue weighted by Crippen LogP contribution is -2.04. The number of anilines is 2. The molecule has 0 saturated heterocycles. The molecule has 2 rings (SSSR count). The summed E-state index contributed by atoms with van der Waals surface area (Å²) in [4.78, 5) is 19.0. The Morgan fingerprint density at radius 2 is 1.71 bits per heavy atom. The number of nitrogens with zero attached hydrogens (tertiary/aromatic N) is 2. The molecule has 17 heavy (non-hydrogen) atoms. The fourth-order valence-electron chi connectivity index (χ4n) is 1.47. The molecule has 0 aliphatic heterocycles. The highest BCUT2D eigenvalue weighted by Gasteiger charge is 2.13. The maximum atomic E-state index is 11.0. The molecule has 0 bridgehead atoms. The molecule has 1 aromatic carbocycles. The van der Waals surface area contributed by atoms with Crippen LogP contribution in [-0.2, 0) is 0 Å². The summed E-state index contributed by atoms with van der Waals surface area (Å²) in [5, 5.41) is 9.05. The van der Waals surface area contributed by atoms with E-state index in [1.165, 1.54) is 12.1 Å². The minimum atomic E-state index is -1.05. The minimum absolute atomic E-state index is 0.109. The number of nitrogen functional groups attached to an aromatic ring is 2. The zero-order valence-electron chi connectivity index (χ0n) is 8.79. The first-order valence-corrected chi connectivity index (χ1v) is 4.80. The highest BCUT2D eigenvalue weighted by atomic mass is 16.4. The maximum Gasteiger partial charge on any atom is 0.336 e. The van der Waals surface area contributed by atoms with Crippen molar-refractivity contribution in [1.82, 2.24) is 9.97 Å². The molecule has 1 heterocycles. The molecule has 6 heteroatoms. The monoisotopic (exact) mass is 230 g/mol. The van der Waals surface area contributed by atoms with Crippen LogP contribution in [0.15, 0.2) is 30.3 Å². The van der Waals surface area contributed by atoms with Crippen LogP contribution in [0.1, 0.15) is 10.4 Å². The summed E-state index contributed by atoms with van der Waals surface area (Å²) in [6.45, 7) is 0. The fourth-order valence-corrected chi connectivity index (χ4v) is 1.47. The second-order valence-electron chi connectivity index (χ2n) is 3.39. The molecule has 0 atom stereocenters. The number of nitrogens with two attached hydrogens (primary N) is 2. The third kappa shape index (κ3) is 2.15. The Kier molecular flexibility index (Phi) is 2.61. The van der Waals surface area contributed by atoms with Crippen molar-refractivity contribution in [3.05, 3.63) is 35.9 Å². The quantitative estimate of drug-likeness (QED) is 0.709. The van der Waals surface area contributed by atoms with E-state index in [2.05, 4.69) is 9.97 Å². The number of hydrogen-bond donors (Lipinski definition) is 3. The number of carbonyl (C=O) groups is 1. The second-order valence-corrected chi connectivity index (χ2v) is 3.39. The van der Waals surface area contributed by atoms with Crippen LogP contribution in [-0.4, -0.2) is 21.0 Å². The van der Waals surface area contributed by atoms with E-state index >= 15 is 0 Å². The summed E-state index contributed by atoms with van der Waals surface area (Å²) in [7, 11) is 0. The topological polar surface area (TPSA) is 115 Å². The van der Waals surface area contributed by atoms with E-state index in [0.29, 0.717) is 5.56 Å². The molecule has 0 fully saturated rings. The van der Waals surface area contributed by atoms with Gasteiger partial charge in [0.1, 0.15) is 11.6 Å². The summed E-state index contributed by atoms with van der Waals surface area (Å²) in [5.74, 6) is -0.439. The van der Waals surface area contributed by atoms with Crippen molar-refractivity contribution < 1.29 is 9.90 Å². The van der Waals surface area contributed by atoms with Crippen molar-refractivity contribution in [2.75, 3.05) is 11.5 Å². The third-order valence-corrected chi connectivity index (χ3v) is 2.16. The molecule has 2 aromatic rings. The van der Waals surface area contributed by atoms with Crippen LogP contribution in [0, 0.1) is 0 Å². The van der Waals surface area contributed by atoms with Gasteiger partial charge in [0, 0.05) is 11.6 Å². The van der Waals surface area contributed by atoms with E-state index in [9.17, 15) is 4.79 Å². The summed E-state index contributed by atoms with van der Waals surface area (Å²) in [5.41, 5.74) is 11.6. The number of aromatic carboxylic acids is 1. The largest absolute Gasteiger partial charge is 0.478 e. The van der Waals surface area contributed by atoms with Crippen LogP contribution >= 0.6 is 0 Å². The van der Waals surface area contributed by atoms with Crippen LogP contribution in [0.5, 0.6) is 0 Å². The van der Waals surface area contributed by atoms with Crippen molar-refractivity contribution in [1.29, 1.82) is 0 Å². The van der Waals surface area contributed by atoms with Gasteiger partial charge in [0.05, 0.1) is 5.56 Å². The lowest BCUT2D eigenvalue weighted by molar-refractivity contribution is 0.0697. The van der Waals surface area contributed by atoms with Gasteiger partial charge in [-0.2, -0.15) is 0 Å². The van der Waals surface area contributed by atoms with Crippen LogP contribution < -0.4 is 11.5 Å². The van der Waals surface area contributed by atoms with E-state index in [4.69, 9.17) is 16.6 Å². The van der Waals surface area contributed by atoms with E-state index < -0.39 is 5.97 Å². The van der Waals surface area contributed by atoms with E-state index in [1.807, 2.05) is 0 Å². The average Bonchev–Trinajstić information content (AvgIpc) is 2.27. The first-order valence-electron chi connectivity index (χ1n) is 4.80. The van der Waals surface area contributed by atoms with E-state index in [1.54, 1.807) is 18.2 Å². The Labute approximate surface area is 96.9 Å². The van der Waals surface area contributed by atoms with Gasteiger partial charge >= 0.3 is 5.97 Å². The van der Waals surface area contributed by atoms with Gasteiger partial charge in [0.2, 0.25) is 0 Å². The van der Waals surface area contributed by atoms with Crippen LogP contribution in [0.25, 0.3) is 11.4 Å². The smallest absolute Gasteiger partial charge is 0.336 e. The SMILES string of the molecule is Nc1cc(N)nc(-c2ccccc2C(=O)O)n1. The molecule has 86 valence electrons. The predicted molar refractivity (Wildman–Crippen MR) is 63.3 cm³/mol. The molecule has 5 N–H and O–H groups in total. The highest BCUT2D eigenvalue weighted by Crippen LogP contribution is 2.21. The van der Waals surface area contributed by atoms with Crippen molar-refractivity contribution in [2.24, 2.45) is 0 Å². The zero-order chi connectivity index (χ0) is 12.4. The van der Waals surface area contributed by atoms with Gasteiger partial charge in [-0.15, -0.1) is 0 Å². The van der Waals surface area contributed by atoms with Gasteiger partial charge in [-0.25, -0.2) is 14.8 Å². The molecule has 0 aliphatic rings. The summed E-state index contributed by atoms with van der Waals surface area (Å²) in [6.07, 6.45) is 0. The number of benzene rings is 1. The van der Waals surface area contributed by atoms with E-state index in [-0.39, 0.29) is 23.0 Å². The van der Waals surface area contributed by atoms with Crippen LogP contribution in [0.2, 0.25) is 0 Å². The van der Waals surface area contributed by atoms with Crippen molar-refractivity contribution in [3.8, 4) is 11.4 Å². The molecule has 1 aromatic heterocycles. The molecule has 6 nitrogen and oxygen atoms in total. The van der Waals surface area contributed by atoms with Gasteiger partial charge in [-0.3, -0.25) is 0 Å². The Morgan fingerprint density at radius 1 is 1.12 bits per heavy atom. The summed E-state index contributed by atoms with van der Waals surface area (Å²) >= 11 is 0. The van der Waals surface area contributed by atoms with E-state index in [0.717, 1.165) is 0 Å². The third-order valence-electron chi connectivity index (χ3n) is 2.16. The lowest BCUT2D eigenvalue weighted by Gasteiger charge is -2.05. The maximum absolute atomic E-state index is 11.0. The summed E-state index contributed by atoms with van der Waals surface area (Å²) < 4.78 is 0. The van der Waals surface area contributed by atoms with Gasteiger partial charge < -0.3 is 16.6 Å². The predicted octanol–water partition coefficient (Wildman–Crippen LogP) is 1.01. The standard InChI is InChI=1S/C11H10N4O2/c12-8-5-9(13)15-10(14-8)6-3-1-2-4-7(6)11(16)17/h1-5H,(H,16,17)(H4,12,13,14,15). The highest BCUT2D eigenvalue weighted by molar-refractivity contribution is 5.95. The van der Waals surface area contributed by atoms with Gasteiger partial charge in [0.15, 0.2) is 5.82 Å². The molecule has 0 saturated carbocycles. The summed E-state index contributed by atoms with van der Waals surface area (Å²) in [6, 6.07) is 7.82. The molecule has 0 amide bonds. The second kappa shape index (κ2) is 4.09. The molecule has 0 unspecified atom stereocenters. The molecular formula is C11H10N4O2. The number of hydrogen-bond acceptors (Lipinski definition) is 5. The van der Waals surface area contributed by atoms with Gasteiger partial charge in [-0.05, 0) is 6.07 Å². The Bertz CT molecular complexity index is 563. The minimum Gasteiger partial charge on any atom is -0.478 e. The van der Waals surface area contributed by atoms with Gasteiger partial charge in [-0.1, -0.05) is 18.2 Å². The normalized spacial score (nSPS) is 10.1. The number of rotatable bonds is 2. The lowest BCUT2D eigenvalue weighted by atomic mass is 10.1. The molecule has 0 spiro atoms. The Hall–Kier alpha value is -2.63. The fraction of sp³-hybridized carbons (Fsp3) is 0. The van der Waals surface area contributed by atoms with Crippen molar-refractivity contribution in [3.63, 3.8) is 0 Å². The Balaban J connectivity index is 2.64.